The van der Waals surface area contributed by atoms with Crippen LogP contribution in [0.3, 0.4) is 0 Å². The summed E-state index contributed by atoms with van der Waals surface area (Å²) in [6.07, 6.45) is 11.5. The highest BCUT2D eigenvalue weighted by molar-refractivity contribution is 4.84. The average Bonchev–Trinajstić information content (AvgIpc) is 2.39. The number of rotatable bonds is 4. The molecule has 2 aliphatic carbocycles. The standard InChI is InChI=1S/C16H30O2/c1-2-3-16(12-4-8-14(17)9-5-12)13-6-10-15(18)11-7-13/h12-18H,2-11H2,1H3. The molecular weight excluding hydrogens is 224 g/mol. The summed E-state index contributed by atoms with van der Waals surface area (Å²) in [7, 11) is 0. The number of hydrogen-bond acceptors (Lipinski definition) is 2. The van der Waals surface area contributed by atoms with Crippen LogP contribution >= 0.6 is 0 Å². The molecule has 2 nitrogen and oxygen atoms in total. The van der Waals surface area contributed by atoms with Crippen molar-refractivity contribution in [2.24, 2.45) is 17.8 Å². The van der Waals surface area contributed by atoms with Gasteiger partial charge in [0.15, 0.2) is 0 Å². The first-order chi connectivity index (χ1) is 8.70. The van der Waals surface area contributed by atoms with Gasteiger partial charge in [-0.25, -0.2) is 0 Å². The molecule has 106 valence electrons. The van der Waals surface area contributed by atoms with Gasteiger partial charge in [-0.2, -0.15) is 0 Å². The van der Waals surface area contributed by atoms with Gasteiger partial charge in [-0.15, -0.1) is 0 Å². The molecule has 0 aliphatic heterocycles. The van der Waals surface area contributed by atoms with Gasteiger partial charge in [-0.1, -0.05) is 19.8 Å². The molecule has 0 aromatic heterocycles. The van der Waals surface area contributed by atoms with Crippen LogP contribution in [0.5, 0.6) is 0 Å². The molecule has 0 amide bonds. The van der Waals surface area contributed by atoms with Gasteiger partial charge in [0.25, 0.3) is 0 Å². The molecule has 0 radical (unpaired) electrons. The molecule has 18 heavy (non-hydrogen) atoms. The summed E-state index contributed by atoms with van der Waals surface area (Å²) >= 11 is 0. The second-order valence-electron chi connectivity index (χ2n) is 6.59. The SMILES string of the molecule is CCCC(C1CCC(O)CC1)C1CCC(O)CC1. The first-order valence-corrected chi connectivity index (χ1v) is 8.06. The van der Waals surface area contributed by atoms with Crippen molar-refractivity contribution in [1.29, 1.82) is 0 Å². The minimum Gasteiger partial charge on any atom is -0.393 e. The molecule has 2 heteroatoms. The fourth-order valence-electron chi connectivity index (χ4n) is 4.25. The van der Waals surface area contributed by atoms with Crippen LogP contribution in [0.15, 0.2) is 0 Å². The Bertz CT molecular complexity index is 203. The smallest absolute Gasteiger partial charge is 0.0540 e. The van der Waals surface area contributed by atoms with Crippen molar-refractivity contribution in [3.05, 3.63) is 0 Å². The summed E-state index contributed by atoms with van der Waals surface area (Å²) in [6.45, 7) is 2.29. The van der Waals surface area contributed by atoms with E-state index < -0.39 is 0 Å². The lowest BCUT2D eigenvalue weighted by Crippen LogP contribution is -2.32. The van der Waals surface area contributed by atoms with E-state index >= 15 is 0 Å². The van der Waals surface area contributed by atoms with Gasteiger partial charge in [-0.05, 0) is 69.1 Å². The van der Waals surface area contributed by atoms with Crippen LogP contribution < -0.4 is 0 Å². The maximum atomic E-state index is 9.65. The topological polar surface area (TPSA) is 40.5 Å². The van der Waals surface area contributed by atoms with E-state index in [0.29, 0.717) is 0 Å². The van der Waals surface area contributed by atoms with Gasteiger partial charge in [0.05, 0.1) is 12.2 Å². The third kappa shape index (κ3) is 3.71. The Kier molecular flexibility index (Phi) is 5.50. The Morgan fingerprint density at radius 2 is 1.17 bits per heavy atom. The summed E-state index contributed by atoms with van der Waals surface area (Å²) in [5.74, 6) is 2.54. The molecule has 2 aliphatic rings. The van der Waals surface area contributed by atoms with E-state index in [1.165, 1.54) is 38.5 Å². The molecule has 0 saturated heterocycles. The molecule has 2 saturated carbocycles. The zero-order valence-corrected chi connectivity index (χ0v) is 11.9. The third-order valence-corrected chi connectivity index (χ3v) is 5.32. The second kappa shape index (κ2) is 6.91. The van der Waals surface area contributed by atoms with E-state index in [0.717, 1.165) is 43.4 Å². The van der Waals surface area contributed by atoms with Crippen LogP contribution in [-0.4, -0.2) is 22.4 Å². The molecule has 0 heterocycles. The zero-order chi connectivity index (χ0) is 13.0. The summed E-state index contributed by atoms with van der Waals surface area (Å²) in [6, 6.07) is 0. The summed E-state index contributed by atoms with van der Waals surface area (Å²) in [5.41, 5.74) is 0. The Hall–Kier alpha value is -0.0800. The molecule has 2 fully saturated rings. The maximum absolute atomic E-state index is 9.65. The quantitative estimate of drug-likeness (QED) is 0.806. The van der Waals surface area contributed by atoms with Gasteiger partial charge in [0.2, 0.25) is 0 Å². The van der Waals surface area contributed by atoms with Crippen molar-refractivity contribution >= 4 is 0 Å². The highest BCUT2D eigenvalue weighted by Gasteiger charge is 2.33. The fourth-order valence-corrected chi connectivity index (χ4v) is 4.25. The van der Waals surface area contributed by atoms with E-state index in [-0.39, 0.29) is 12.2 Å². The third-order valence-electron chi connectivity index (χ3n) is 5.32. The zero-order valence-electron chi connectivity index (χ0n) is 11.9. The Balaban J connectivity index is 1.90. The fraction of sp³-hybridized carbons (Fsp3) is 1.00. The second-order valence-corrected chi connectivity index (χ2v) is 6.59. The normalized spacial score (nSPS) is 39.5. The minimum atomic E-state index is -0.0308. The van der Waals surface area contributed by atoms with E-state index in [9.17, 15) is 10.2 Å². The Morgan fingerprint density at radius 1 is 0.778 bits per heavy atom. The monoisotopic (exact) mass is 254 g/mol. The van der Waals surface area contributed by atoms with Gasteiger partial charge < -0.3 is 10.2 Å². The van der Waals surface area contributed by atoms with Crippen molar-refractivity contribution in [3.8, 4) is 0 Å². The predicted octanol–water partition coefficient (Wildman–Crippen LogP) is 3.50. The molecule has 0 spiro atoms. The first-order valence-electron chi connectivity index (χ1n) is 8.06. The summed E-state index contributed by atoms with van der Waals surface area (Å²) in [4.78, 5) is 0. The van der Waals surface area contributed by atoms with Crippen LogP contribution in [0.4, 0.5) is 0 Å². The lowest BCUT2D eigenvalue weighted by atomic mass is 9.67. The van der Waals surface area contributed by atoms with Crippen LogP contribution in [0.25, 0.3) is 0 Å². The molecule has 0 aromatic carbocycles. The average molecular weight is 254 g/mol. The van der Waals surface area contributed by atoms with Crippen molar-refractivity contribution in [2.45, 2.75) is 83.3 Å². The van der Waals surface area contributed by atoms with Crippen LogP contribution in [0, 0.1) is 17.8 Å². The number of aliphatic hydroxyl groups excluding tert-OH is 2. The molecule has 0 aromatic rings. The van der Waals surface area contributed by atoms with Crippen LogP contribution in [-0.2, 0) is 0 Å². The van der Waals surface area contributed by atoms with Crippen molar-refractivity contribution < 1.29 is 10.2 Å². The van der Waals surface area contributed by atoms with E-state index in [1.807, 2.05) is 0 Å². The largest absolute Gasteiger partial charge is 0.393 e. The van der Waals surface area contributed by atoms with E-state index in [2.05, 4.69) is 6.92 Å². The Morgan fingerprint density at radius 3 is 1.50 bits per heavy atom. The summed E-state index contributed by atoms with van der Waals surface area (Å²) in [5, 5.41) is 19.3. The number of aliphatic hydroxyl groups is 2. The molecule has 0 bridgehead atoms. The molecular formula is C16H30O2. The molecule has 0 atom stereocenters. The number of hydrogen-bond donors (Lipinski definition) is 2. The lowest BCUT2D eigenvalue weighted by Gasteiger charge is -2.39. The van der Waals surface area contributed by atoms with Crippen molar-refractivity contribution in [2.75, 3.05) is 0 Å². The first kappa shape index (κ1) is 14.3. The summed E-state index contributed by atoms with van der Waals surface area (Å²) < 4.78 is 0. The van der Waals surface area contributed by atoms with Gasteiger partial charge >= 0.3 is 0 Å². The minimum absolute atomic E-state index is 0.0308. The van der Waals surface area contributed by atoms with Crippen LogP contribution in [0.1, 0.15) is 71.1 Å². The highest BCUT2D eigenvalue weighted by Crippen LogP contribution is 2.42. The molecule has 0 unspecified atom stereocenters. The van der Waals surface area contributed by atoms with E-state index in [4.69, 9.17) is 0 Å². The maximum Gasteiger partial charge on any atom is 0.0540 e. The van der Waals surface area contributed by atoms with Gasteiger partial charge in [-0.3, -0.25) is 0 Å². The van der Waals surface area contributed by atoms with Gasteiger partial charge in [0.1, 0.15) is 0 Å². The van der Waals surface area contributed by atoms with Crippen LogP contribution in [0.2, 0.25) is 0 Å². The van der Waals surface area contributed by atoms with Gasteiger partial charge in [0, 0.05) is 0 Å². The van der Waals surface area contributed by atoms with Crippen molar-refractivity contribution in [3.63, 3.8) is 0 Å². The lowest BCUT2D eigenvalue weighted by molar-refractivity contribution is 0.0430. The molecule has 2 rings (SSSR count). The van der Waals surface area contributed by atoms with Crippen molar-refractivity contribution in [1.82, 2.24) is 0 Å². The van der Waals surface area contributed by atoms with E-state index in [1.54, 1.807) is 0 Å². The predicted molar refractivity (Wildman–Crippen MR) is 74.3 cm³/mol. The Labute approximate surface area is 112 Å². The molecule has 2 N–H and O–H groups in total. The highest BCUT2D eigenvalue weighted by atomic mass is 16.3.